The van der Waals surface area contributed by atoms with Crippen molar-refractivity contribution in [3.8, 4) is 0 Å². The van der Waals surface area contributed by atoms with Crippen LogP contribution in [0.5, 0.6) is 0 Å². The highest BCUT2D eigenvalue weighted by Gasteiger charge is 2.34. The minimum atomic E-state index is -1.05. The molecule has 0 unspecified atom stereocenters. The fourth-order valence-corrected chi connectivity index (χ4v) is 4.69. The second-order valence-electron chi connectivity index (χ2n) is 5.40. The molecule has 2 rings (SSSR count). The first kappa shape index (κ1) is 16.0. The molecule has 0 bridgehead atoms. The quantitative estimate of drug-likeness (QED) is 0.807. The van der Waals surface area contributed by atoms with Crippen LogP contribution in [0.4, 0.5) is 0 Å². The predicted octanol–water partition coefficient (Wildman–Crippen LogP) is 3.02. The van der Waals surface area contributed by atoms with Crippen LogP contribution < -0.4 is 0 Å². The summed E-state index contributed by atoms with van der Waals surface area (Å²) in [5, 5.41) is 18.1. The minimum Gasteiger partial charge on any atom is -0.481 e. The number of hydrogen-bond donors (Lipinski definition) is 2. The number of aromatic carboxylic acids is 1. The molecule has 5 nitrogen and oxygen atoms in total. The maximum Gasteiger partial charge on any atom is 0.346 e. The van der Waals surface area contributed by atoms with Gasteiger partial charge in [-0.2, -0.15) is 0 Å². The van der Waals surface area contributed by atoms with Crippen LogP contribution >= 0.6 is 23.1 Å². The van der Waals surface area contributed by atoms with Crippen molar-refractivity contribution in [3.63, 3.8) is 0 Å². The smallest absolute Gasteiger partial charge is 0.346 e. The summed E-state index contributed by atoms with van der Waals surface area (Å²) in [6.07, 6.45) is 0.978. The van der Waals surface area contributed by atoms with Crippen molar-refractivity contribution in [1.82, 2.24) is 0 Å². The van der Waals surface area contributed by atoms with Crippen LogP contribution in [0.1, 0.15) is 45.9 Å². The summed E-state index contributed by atoms with van der Waals surface area (Å²) < 4.78 is 0.525. The summed E-state index contributed by atoms with van der Waals surface area (Å²) >= 11 is 2.05. The van der Waals surface area contributed by atoms with Gasteiger partial charge < -0.3 is 10.2 Å². The average Bonchev–Trinajstić information content (AvgIpc) is 2.75. The summed E-state index contributed by atoms with van der Waals surface area (Å²) in [5.41, 5.74) is 1.04. The molecule has 0 radical (unpaired) electrons. The second-order valence-corrected chi connectivity index (χ2v) is 7.66. The van der Waals surface area contributed by atoms with Crippen LogP contribution in [0, 0.1) is 11.8 Å². The van der Waals surface area contributed by atoms with E-state index in [0.29, 0.717) is 34.1 Å². The van der Waals surface area contributed by atoms with E-state index in [0.717, 1.165) is 23.1 Å². The number of thiophene rings is 1. The van der Waals surface area contributed by atoms with E-state index in [1.165, 1.54) is 0 Å². The monoisotopic (exact) mass is 328 g/mol. The standard InChI is InChI=1S/C14H16O5S2/c1-6(2)7-3-8-11(9(15)4-7)14(20-5-10(16)17)21-12(8)13(18)19/h6-7H,3-5H2,1-2H3,(H,16,17)(H,18,19)/t7-/m0/s1. The molecule has 7 heteroatoms. The van der Waals surface area contributed by atoms with Crippen LogP contribution in [-0.2, 0) is 11.2 Å². The molecule has 0 amide bonds. The number of rotatable bonds is 5. The van der Waals surface area contributed by atoms with Gasteiger partial charge in [0.15, 0.2) is 5.78 Å². The molecule has 0 aliphatic heterocycles. The van der Waals surface area contributed by atoms with Gasteiger partial charge in [0.2, 0.25) is 0 Å². The van der Waals surface area contributed by atoms with Crippen molar-refractivity contribution in [2.75, 3.05) is 5.75 Å². The molecule has 1 aliphatic rings. The predicted molar refractivity (Wildman–Crippen MR) is 80.6 cm³/mol. The average molecular weight is 328 g/mol. The summed E-state index contributed by atoms with van der Waals surface area (Å²) in [6, 6.07) is 0. The molecule has 114 valence electrons. The van der Waals surface area contributed by atoms with E-state index in [1.54, 1.807) is 0 Å². The second kappa shape index (κ2) is 6.19. The van der Waals surface area contributed by atoms with E-state index in [2.05, 4.69) is 0 Å². The molecule has 1 heterocycles. The van der Waals surface area contributed by atoms with Crippen molar-refractivity contribution in [3.05, 3.63) is 16.0 Å². The third-order valence-electron chi connectivity index (χ3n) is 3.63. The van der Waals surface area contributed by atoms with Crippen LogP contribution in [0.15, 0.2) is 4.21 Å². The lowest BCUT2D eigenvalue weighted by Gasteiger charge is -2.25. The SMILES string of the molecule is CC(C)[C@@H]1CC(=O)c2c(SCC(=O)O)sc(C(=O)O)c2C1. The molecule has 1 aromatic rings. The number of hydrogen-bond acceptors (Lipinski definition) is 5. The van der Waals surface area contributed by atoms with Gasteiger partial charge in [-0.3, -0.25) is 9.59 Å². The van der Waals surface area contributed by atoms with Crippen molar-refractivity contribution in [1.29, 1.82) is 0 Å². The largest absolute Gasteiger partial charge is 0.481 e. The maximum atomic E-state index is 12.4. The molecule has 0 fully saturated rings. The molecule has 0 spiro atoms. The Hall–Kier alpha value is -1.34. The minimum absolute atomic E-state index is 0.0633. The summed E-state index contributed by atoms with van der Waals surface area (Å²) in [5.74, 6) is -1.81. The molecule has 0 aromatic carbocycles. The molecule has 0 saturated heterocycles. The molecule has 21 heavy (non-hydrogen) atoms. The van der Waals surface area contributed by atoms with E-state index in [4.69, 9.17) is 5.11 Å². The van der Waals surface area contributed by atoms with Crippen LogP contribution in [-0.4, -0.2) is 33.7 Å². The Balaban J connectivity index is 2.44. The fourth-order valence-electron chi connectivity index (χ4n) is 2.47. The van der Waals surface area contributed by atoms with E-state index in [9.17, 15) is 19.5 Å². The third-order valence-corrected chi connectivity index (χ3v) is 6.11. The first-order valence-corrected chi connectivity index (χ1v) is 8.38. The van der Waals surface area contributed by atoms with E-state index < -0.39 is 11.9 Å². The van der Waals surface area contributed by atoms with Crippen molar-refractivity contribution < 1.29 is 24.6 Å². The number of carboxylic acids is 2. The van der Waals surface area contributed by atoms with Gasteiger partial charge >= 0.3 is 11.9 Å². The van der Waals surface area contributed by atoms with Gasteiger partial charge in [-0.1, -0.05) is 13.8 Å². The number of ketones is 1. The zero-order valence-corrected chi connectivity index (χ0v) is 13.3. The molecular weight excluding hydrogens is 312 g/mol. The van der Waals surface area contributed by atoms with E-state index >= 15 is 0 Å². The number of carboxylic acid groups (broad SMARTS) is 2. The van der Waals surface area contributed by atoms with E-state index in [-0.39, 0.29) is 22.3 Å². The van der Waals surface area contributed by atoms with Crippen LogP contribution in [0.25, 0.3) is 0 Å². The number of Topliss-reactive ketones (excluding diaryl/α,β-unsaturated/α-hetero) is 1. The highest BCUT2D eigenvalue weighted by atomic mass is 32.2. The zero-order valence-electron chi connectivity index (χ0n) is 11.7. The van der Waals surface area contributed by atoms with Crippen molar-refractivity contribution in [2.24, 2.45) is 11.8 Å². The van der Waals surface area contributed by atoms with Gasteiger partial charge in [-0.05, 0) is 23.8 Å². The van der Waals surface area contributed by atoms with Gasteiger partial charge in [0.05, 0.1) is 9.96 Å². The molecule has 1 aliphatic carbocycles. The van der Waals surface area contributed by atoms with Gasteiger partial charge in [0.25, 0.3) is 0 Å². The maximum absolute atomic E-state index is 12.4. The Labute approximate surface area is 130 Å². The highest BCUT2D eigenvalue weighted by molar-refractivity contribution is 8.01. The molecule has 2 N–H and O–H groups in total. The molecule has 0 saturated carbocycles. The lowest BCUT2D eigenvalue weighted by Crippen LogP contribution is -2.24. The first-order valence-electron chi connectivity index (χ1n) is 6.58. The lowest BCUT2D eigenvalue weighted by atomic mass is 9.78. The van der Waals surface area contributed by atoms with Crippen LogP contribution in [0.3, 0.4) is 0 Å². The number of fused-ring (bicyclic) bond motifs is 1. The molecule has 1 aromatic heterocycles. The summed E-state index contributed by atoms with van der Waals surface area (Å²) in [4.78, 5) is 34.6. The molecule has 1 atom stereocenters. The zero-order chi connectivity index (χ0) is 15.7. The third kappa shape index (κ3) is 3.29. The van der Waals surface area contributed by atoms with E-state index in [1.807, 2.05) is 13.8 Å². The number of thioether (sulfide) groups is 1. The number of carbonyl (C=O) groups excluding carboxylic acids is 1. The van der Waals surface area contributed by atoms with Gasteiger partial charge in [-0.25, -0.2) is 4.79 Å². The van der Waals surface area contributed by atoms with Crippen molar-refractivity contribution >= 4 is 40.8 Å². The van der Waals surface area contributed by atoms with Gasteiger partial charge in [0, 0.05) is 12.0 Å². The number of carbonyl (C=O) groups is 3. The van der Waals surface area contributed by atoms with Gasteiger partial charge in [0.1, 0.15) is 4.88 Å². The fraction of sp³-hybridized carbons (Fsp3) is 0.500. The normalized spacial score (nSPS) is 17.9. The number of aliphatic carboxylic acids is 1. The Kier molecular flexibility index (Phi) is 4.73. The Morgan fingerprint density at radius 2 is 2.00 bits per heavy atom. The van der Waals surface area contributed by atoms with Crippen molar-refractivity contribution in [2.45, 2.75) is 30.9 Å². The molecular formula is C14H16O5S2. The lowest BCUT2D eigenvalue weighted by molar-refractivity contribution is -0.133. The summed E-state index contributed by atoms with van der Waals surface area (Å²) in [6.45, 7) is 4.05. The Morgan fingerprint density at radius 3 is 2.52 bits per heavy atom. The first-order chi connectivity index (χ1) is 9.81. The topological polar surface area (TPSA) is 91.7 Å². The van der Waals surface area contributed by atoms with Crippen LogP contribution in [0.2, 0.25) is 0 Å². The Morgan fingerprint density at radius 1 is 1.33 bits per heavy atom. The van der Waals surface area contributed by atoms with Gasteiger partial charge in [-0.15, -0.1) is 23.1 Å². The highest BCUT2D eigenvalue weighted by Crippen LogP contribution is 2.42. The summed E-state index contributed by atoms with van der Waals surface area (Å²) in [7, 11) is 0. The Bertz CT molecular complexity index is 603.